The van der Waals surface area contributed by atoms with Gasteiger partial charge in [0.15, 0.2) is 11.6 Å². The summed E-state index contributed by atoms with van der Waals surface area (Å²) in [5.41, 5.74) is 9.07. The van der Waals surface area contributed by atoms with Crippen LogP contribution in [0.4, 0.5) is 32.2 Å². The highest BCUT2D eigenvalue weighted by Crippen LogP contribution is 2.41. The van der Waals surface area contributed by atoms with Gasteiger partial charge in [-0.15, -0.1) is 0 Å². The molecule has 3 N–H and O–H groups in total. The van der Waals surface area contributed by atoms with Crippen LogP contribution in [0.5, 0.6) is 0 Å². The van der Waals surface area contributed by atoms with E-state index in [1.54, 1.807) is 6.33 Å². The number of benzene rings is 1. The summed E-state index contributed by atoms with van der Waals surface area (Å²) in [5, 5.41) is 7.12. The van der Waals surface area contributed by atoms with Gasteiger partial charge in [-0.1, -0.05) is 0 Å². The molecule has 1 saturated heterocycles. The van der Waals surface area contributed by atoms with Crippen LogP contribution < -0.4 is 10.6 Å². The first-order chi connectivity index (χ1) is 17.0. The Labute approximate surface area is 201 Å². The number of hydrogen-bond donors (Lipinski definition) is 2. The third-order valence-electron chi connectivity index (χ3n) is 6.12. The summed E-state index contributed by atoms with van der Waals surface area (Å²) in [5.74, 6) is -4.92. The summed E-state index contributed by atoms with van der Waals surface area (Å²) in [6.07, 6.45) is -0.749. The summed E-state index contributed by atoms with van der Waals surface area (Å²) in [6.45, 7) is 1.02. The van der Waals surface area contributed by atoms with E-state index in [0.717, 1.165) is 41.5 Å². The van der Waals surface area contributed by atoms with Crippen LogP contribution in [0.3, 0.4) is 0 Å². The maximum Gasteiger partial charge on any atom is 0.490 e. The van der Waals surface area contributed by atoms with Crippen LogP contribution in [0.15, 0.2) is 30.6 Å². The van der Waals surface area contributed by atoms with Crippen LogP contribution in [0.25, 0.3) is 11.0 Å². The Morgan fingerprint density at radius 1 is 1.03 bits per heavy atom. The summed E-state index contributed by atoms with van der Waals surface area (Å²) in [7, 11) is 0. The summed E-state index contributed by atoms with van der Waals surface area (Å²) in [4.78, 5) is 24.5. The Kier molecular flexibility index (Phi) is 7.03. The quantitative estimate of drug-likeness (QED) is 0.398. The highest BCUT2D eigenvalue weighted by Gasteiger charge is 2.38. The van der Waals surface area contributed by atoms with Crippen molar-refractivity contribution >= 4 is 22.8 Å². The number of piperidine rings is 1. The molecule has 1 saturated carbocycles. The van der Waals surface area contributed by atoms with Crippen LogP contribution in [0.2, 0.25) is 0 Å². The summed E-state index contributed by atoms with van der Waals surface area (Å²) in [6, 6.07) is 4.91. The highest BCUT2D eigenvalue weighted by molar-refractivity contribution is 5.79. The van der Waals surface area contributed by atoms with Crippen LogP contribution >= 0.6 is 0 Å². The van der Waals surface area contributed by atoms with Gasteiger partial charge >= 0.3 is 12.1 Å². The molecule has 192 valence electrons. The number of hydrogen-bond acceptors (Lipinski definition) is 6. The fraction of sp³-hybridized carbons (Fsp3) is 0.391. The molecule has 0 amide bonds. The average molecular weight is 513 g/mol. The van der Waals surface area contributed by atoms with Gasteiger partial charge in [-0.3, -0.25) is 0 Å². The molecule has 2 atom stereocenters. The molecule has 13 heteroatoms. The zero-order chi connectivity index (χ0) is 26.2. The van der Waals surface area contributed by atoms with Crippen molar-refractivity contribution in [3.05, 3.63) is 59.3 Å². The van der Waals surface area contributed by atoms with Gasteiger partial charge in [-0.25, -0.2) is 32.9 Å². The highest BCUT2D eigenvalue weighted by atomic mass is 19.4. The Morgan fingerprint density at radius 2 is 1.69 bits per heavy atom. The predicted molar refractivity (Wildman–Crippen MR) is 117 cm³/mol. The molecule has 2 fully saturated rings. The van der Waals surface area contributed by atoms with Gasteiger partial charge in [-0.2, -0.15) is 13.2 Å². The maximum atomic E-state index is 14.2. The van der Waals surface area contributed by atoms with Crippen LogP contribution in [-0.4, -0.2) is 51.3 Å². The van der Waals surface area contributed by atoms with Gasteiger partial charge < -0.3 is 15.7 Å². The molecule has 3 aromatic rings. The van der Waals surface area contributed by atoms with Crippen molar-refractivity contribution in [2.24, 2.45) is 5.73 Å². The molecule has 2 aliphatic rings. The molecule has 36 heavy (non-hydrogen) atoms. The summed E-state index contributed by atoms with van der Waals surface area (Å²) >= 11 is 0. The van der Waals surface area contributed by atoms with E-state index in [1.165, 1.54) is 0 Å². The fourth-order valence-corrected chi connectivity index (χ4v) is 4.18. The van der Waals surface area contributed by atoms with Gasteiger partial charge in [-0.05, 0) is 43.0 Å². The summed E-state index contributed by atoms with van der Waals surface area (Å²) < 4.78 is 72.8. The number of anilines is 1. The second kappa shape index (κ2) is 9.88. The number of rotatable bonds is 3. The monoisotopic (exact) mass is 513 g/mol. The number of nitrogens with zero attached hydrogens (tertiary/aromatic N) is 4. The molecule has 1 aromatic carbocycles. The minimum absolute atomic E-state index is 0.131. The lowest BCUT2D eigenvalue weighted by molar-refractivity contribution is -0.192. The third kappa shape index (κ3) is 5.50. The van der Waals surface area contributed by atoms with Gasteiger partial charge in [0.1, 0.15) is 23.5 Å². The second-order valence-corrected chi connectivity index (χ2v) is 8.67. The molecule has 2 aromatic heterocycles. The van der Waals surface area contributed by atoms with Crippen molar-refractivity contribution in [3.8, 4) is 0 Å². The van der Waals surface area contributed by atoms with Crippen molar-refractivity contribution in [3.63, 3.8) is 0 Å². The predicted octanol–water partition coefficient (Wildman–Crippen LogP) is 4.27. The lowest BCUT2D eigenvalue weighted by atomic mass is 9.85. The number of alkyl halides is 3. The van der Waals surface area contributed by atoms with Crippen molar-refractivity contribution in [2.75, 3.05) is 18.0 Å². The SMILES string of the molecule is N[C@H]1CN(c2ccc3ncnc(C4CC4)c3n2)CC[C@@H]1c1cc(F)c(F)cc1F.O=C(O)C(F)(F)F. The lowest BCUT2D eigenvalue weighted by Crippen LogP contribution is -2.48. The number of fused-ring (bicyclic) bond motifs is 1. The topological polar surface area (TPSA) is 105 Å². The van der Waals surface area contributed by atoms with E-state index in [1.807, 2.05) is 17.0 Å². The number of carbonyl (C=O) groups is 1. The van der Waals surface area contributed by atoms with Crippen molar-refractivity contribution in [2.45, 2.75) is 43.3 Å². The molecule has 1 aliphatic heterocycles. The zero-order valence-corrected chi connectivity index (χ0v) is 18.6. The first-order valence-electron chi connectivity index (χ1n) is 11.0. The Balaban J connectivity index is 0.000000384. The number of carboxylic acid groups (broad SMARTS) is 1. The molecule has 0 bridgehead atoms. The Morgan fingerprint density at radius 3 is 2.31 bits per heavy atom. The van der Waals surface area contributed by atoms with Crippen molar-refractivity contribution in [1.82, 2.24) is 15.0 Å². The first kappa shape index (κ1) is 25.6. The van der Waals surface area contributed by atoms with E-state index in [4.69, 9.17) is 20.6 Å². The van der Waals surface area contributed by atoms with Gasteiger partial charge in [0, 0.05) is 37.0 Å². The fourth-order valence-electron chi connectivity index (χ4n) is 4.18. The van der Waals surface area contributed by atoms with E-state index in [9.17, 15) is 26.3 Å². The number of aliphatic carboxylic acids is 1. The normalized spacial score (nSPS) is 20.1. The van der Waals surface area contributed by atoms with Gasteiger partial charge in [0.25, 0.3) is 0 Å². The number of halogens is 6. The molecule has 5 rings (SSSR count). The average Bonchev–Trinajstić information content (AvgIpc) is 3.66. The molecule has 0 radical (unpaired) electrons. The number of carboxylic acids is 1. The standard InChI is InChI=1S/C21H20F3N5.C2HF3O2/c22-14-8-16(24)15(23)7-13(14)12-5-6-29(9-17(12)25)19-4-3-18-21(28-19)20(11-1-2-11)27-10-26-18;3-2(4,5)1(6)7/h3-4,7-8,10-12,17H,1-2,5-6,9,25H2;(H,6,7)/t12-,17+;/m1./s1. The molecular weight excluding hydrogens is 492 g/mol. The molecule has 0 unspecified atom stereocenters. The number of pyridine rings is 1. The van der Waals surface area contributed by atoms with E-state index in [-0.39, 0.29) is 11.5 Å². The Hall–Kier alpha value is -3.48. The van der Waals surface area contributed by atoms with Crippen LogP contribution in [0, 0.1) is 17.5 Å². The smallest absolute Gasteiger partial charge is 0.475 e. The molecular formula is C23H21F6N5O2. The third-order valence-corrected chi connectivity index (χ3v) is 6.12. The number of aromatic nitrogens is 3. The Bertz CT molecular complexity index is 1280. The van der Waals surface area contributed by atoms with E-state index in [2.05, 4.69) is 9.97 Å². The molecule has 7 nitrogen and oxygen atoms in total. The van der Waals surface area contributed by atoms with Gasteiger partial charge in [0.2, 0.25) is 0 Å². The van der Waals surface area contributed by atoms with Crippen LogP contribution in [0.1, 0.15) is 42.4 Å². The number of nitrogens with two attached hydrogens (primary N) is 1. The minimum Gasteiger partial charge on any atom is -0.475 e. The minimum atomic E-state index is -5.08. The van der Waals surface area contributed by atoms with E-state index < -0.39 is 35.6 Å². The molecule has 1 aliphatic carbocycles. The largest absolute Gasteiger partial charge is 0.490 e. The van der Waals surface area contributed by atoms with Gasteiger partial charge in [0.05, 0.1) is 11.2 Å². The van der Waals surface area contributed by atoms with E-state index >= 15 is 0 Å². The van der Waals surface area contributed by atoms with Crippen molar-refractivity contribution in [1.29, 1.82) is 0 Å². The first-order valence-corrected chi connectivity index (χ1v) is 11.0. The molecule has 3 heterocycles. The van der Waals surface area contributed by atoms with Crippen molar-refractivity contribution < 1.29 is 36.2 Å². The molecule has 0 spiro atoms. The maximum absolute atomic E-state index is 14.2. The lowest BCUT2D eigenvalue weighted by Gasteiger charge is -2.37. The van der Waals surface area contributed by atoms with Crippen LogP contribution in [-0.2, 0) is 4.79 Å². The second-order valence-electron chi connectivity index (χ2n) is 8.67. The zero-order valence-electron chi connectivity index (χ0n) is 18.6. The van der Waals surface area contributed by atoms with E-state index in [0.29, 0.717) is 31.5 Å².